The van der Waals surface area contributed by atoms with E-state index in [9.17, 15) is 13.2 Å². The number of thiophene rings is 1. The van der Waals surface area contributed by atoms with E-state index in [1.165, 1.54) is 12.3 Å². The molecule has 0 saturated heterocycles. The molecule has 1 amide bonds. The molecule has 2 aromatic heterocycles. The average Bonchev–Trinajstić information content (AvgIpc) is 2.80. The van der Waals surface area contributed by atoms with Crippen LogP contribution in [0.15, 0.2) is 24.5 Å². The van der Waals surface area contributed by atoms with Gasteiger partial charge in [0.25, 0.3) is 5.91 Å². The van der Waals surface area contributed by atoms with Gasteiger partial charge in [0.05, 0.1) is 33.6 Å². The molecular weight excluding hydrogens is 346 g/mol. The predicted molar refractivity (Wildman–Crippen MR) is 88.4 cm³/mol. The van der Waals surface area contributed by atoms with Crippen LogP contribution in [0.3, 0.4) is 0 Å². The number of anilines is 1. The topological polar surface area (TPSA) is 102 Å². The highest BCUT2D eigenvalue weighted by Gasteiger charge is 2.19. The molecule has 3 N–H and O–H groups in total. The lowest BCUT2D eigenvalue weighted by Crippen LogP contribution is -2.14. The van der Waals surface area contributed by atoms with Gasteiger partial charge in [0.2, 0.25) is 0 Å². The van der Waals surface area contributed by atoms with Gasteiger partial charge in [-0.1, -0.05) is 11.6 Å². The third-order valence-electron chi connectivity index (χ3n) is 2.75. The Morgan fingerprint density at radius 3 is 2.82 bits per heavy atom. The first kappa shape index (κ1) is 16.9. The van der Waals surface area contributed by atoms with Crippen LogP contribution in [0.4, 0.5) is 5.69 Å². The van der Waals surface area contributed by atoms with Crippen molar-refractivity contribution in [3.05, 3.63) is 44.9 Å². The van der Waals surface area contributed by atoms with Crippen molar-refractivity contribution >= 4 is 45.2 Å². The van der Waals surface area contributed by atoms with E-state index >= 15 is 0 Å². The number of hydrogen-bond donors (Lipinski definition) is 3. The Morgan fingerprint density at radius 1 is 1.45 bits per heavy atom. The smallest absolute Gasteiger partial charge is 0.265 e. The van der Waals surface area contributed by atoms with Gasteiger partial charge in [-0.05, 0) is 24.6 Å². The number of rotatable bonds is 5. The van der Waals surface area contributed by atoms with Crippen LogP contribution >= 0.6 is 22.9 Å². The Hall–Kier alpha value is -1.48. The first-order valence-corrected chi connectivity index (χ1v) is 8.82. The molecule has 0 aliphatic heterocycles. The van der Waals surface area contributed by atoms with E-state index in [0.29, 0.717) is 20.5 Å². The fourth-order valence-corrected chi connectivity index (χ4v) is 3.81. The van der Waals surface area contributed by atoms with Crippen molar-refractivity contribution in [3.8, 4) is 0 Å². The number of thiol groups is 1. The van der Waals surface area contributed by atoms with Gasteiger partial charge >= 0.3 is 0 Å². The van der Waals surface area contributed by atoms with Crippen LogP contribution in [0, 0.1) is 6.92 Å². The molecule has 2 heterocycles. The van der Waals surface area contributed by atoms with Crippen LogP contribution in [0.1, 0.15) is 26.2 Å². The van der Waals surface area contributed by atoms with E-state index in [1.54, 1.807) is 12.3 Å². The third kappa shape index (κ3) is 4.26. The summed E-state index contributed by atoms with van der Waals surface area (Å²) >= 11 is 7.12. The first-order valence-electron chi connectivity index (χ1n) is 6.26. The van der Waals surface area contributed by atoms with Crippen molar-refractivity contribution < 1.29 is 13.2 Å². The number of nitrogens with two attached hydrogens (primary N) is 1. The normalized spacial score (nSPS) is 12.4. The van der Waals surface area contributed by atoms with Gasteiger partial charge < -0.3 is 11.1 Å². The van der Waals surface area contributed by atoms with Crippen LogP contribution in [0.25, 0.3) is 0 Å². The maximum absolute atomic E-state index is 12.2. The maximum Gasteiger partial charge on any atom is 0.265 e. The second-order valence-corrected chi connectivity index (χ2v) is 7.17. The Labute approximate surface area is 138 Å². The number of pyridine rings is 1. The predicted octanol–water partition coefficient (Wildman–Crippen LogP) is 1.97. The second-order valence-electron chi connectivity index (χ2n) is 4.65. The summed E-state index contributed by atoms with van der Waals surface area (Å²) in [4.78, 5) is 17.0. The number of aryl methyl sites for hydroxylation is 1. The molecule has 9 heteroatoms. The molecule has 6 nitrogen and oxygen atoms in total. The molecule has 0 aromatic carbocycles. The van der Waals surface area contributed by atoms with E-state index in [4.69, 9.17) is 17.3 Å². The molecule has 2 rings (SSSR count). The summed E-state index contributed by atoms with van der Waals surface area (Å²) in [5.41, 5.74) is 7.28. The number of aromatic nitrogens is 1. The van der Waals surface area contributed by atoms with Gasteiger partial charge in [0.15, 0.2) is 0 Å². The highest BCUT2D eigenvalue weighted by molar-refractivity contribution is 7.72. The Morgan fingerprint density at radius 2 is 2.18 bits per heavy atom. The van der Waals surface area contributed by atoms with Crippen LogP contribution in [0.5, 0.6) is 0 Å². The van der Waals surface area contributed by atoms with Crippen molar-refractivity contribution in [1.29, 1.82) is 0 Å². The number of halogens is 1. The van der Waals surface area contributed by atoms with Gasteiger partial charge in [-0.2, -0.15) is 0 Å². The minimum absolute atomic E-state index is 0.210. The molecule has 0 radical (unpaired) electrons. The number of carbonyl (C=O) groups is 1. The van der Waals surface area contributed by atoms with Gasteiger partial charge in [0.1, 0.15) is 10.7 Å². The third-order valence-corrected chi connectivity index (χ3v) is 5.13. The fourth-order valence-electron chi connectivity index (χ4n) is 1.81. The standard InChI is InChI=1S/C13H14ClN3O3S2/c1-7-2-8(5-16-4-7)17-13(18)11-3-9(14)12(21-11)10(15)6-22(19)20/h2-5,10,22H,6,15H2,1H3,(H,17,18)/t10-/m0/s1. The molecule has 0 unspecified atom stereocenters. The van der Waals surface area contributed by atoms with Crippen molar-refractivity contribution in [2.75, 3.05) is 11.1 Å². The fraction of sp³-hybridized carbons (Fsp3) is 0.231. The Bertz CT molecular complexity index is 766. The van der Waals surface area contributed by atoms with Gasteiger partial charge in [-0.3, -0.25) is 9.78 Å². The minimum Gasteiger partial charge on any atom is -0.322 e. The van der Waals surface area contributed by atoms with Crippen molar-refractivity contribution in [2.45, 2.75) is 13.0 Å². The van der Waals surface area contributed by atoms with Crippen LogP contribution in [-0.2, 0) is 10.7 Å². The summed E-state index contributed by atoms with van der Waals surface area (Å²) in [7, 11) is -2.61. The number of hydrogen-bond acceptors (Lipinski definition) is 6. The number of amides is 1. The zero-order chi connectivity index (χ0) is 16.3. The van der Waals surface area contributed by atoms with E-state index < -0.39 is 16.7 Å². The molecule has 0 spiro atoms. The summed E-state index contributed by atoms with van der Waals surface area (Å²) < 4.78 is 21.5. The summed E-state index contributed by atoms with van der Waals surface area (Å²) in [5, 5.41) is 3.00. The van der Waals surface area contributed by atoms with Crippen LogP contribution < -0.4 is 11.1 Å². The lowest BCUT2D eigenvalue weighted by Gasteiger charge is -2.05. The molecule has 0 aliphatic carbocycles. The first-order chi connectivity index (χ1) is 10.4. The van der Waals surface area contributed by atoms with Crippen LogP contribution in [0.2, 0.25) is 5.02 Å². The maximum atomic E-state index is 12.2. The largest absolute Gasteiger partial charge is 0.322 e. The SMILES string of the molecule is Cc1cncc(NC(=O)c2cc(Cl)c([C@@H](N)C[SH](=O)=O)s2)c1. The van der Waals surface area contributed by atoms with Gasteiger partial charge in [-0.25, -0.2) is 8.42 Å². The molecule has 0 aliphatic rings. The van der Waals surface area contributed by atoms with Crippen molar-refractivity contribution in [2.24, 2.45) is 5.73 Å². The molecule has 2 aromatic rings. The van der Waals surface area contributed by atoms with Crippen molar-refractivity contribution in [1.82, 2.24) is 4.98 Å². The Kier molecular flexibility index (Phi) is 5.52. The average molecular weight is 360 g/mol. The summed E-state index contributed by atoms with van der Waals surface area (Å²) in [6.45, 7) is 1.87. The number of nitrogens with zero attached hydrogens (tertiary/aromatic N) is 1. The molecule has 1 atom stereocenters. The molecule has 22 heavy (non-hydrogen) atoms. The number of carbonyl (C=O) groups excluding carboxylic acids is 1. The lowest BCUT2D eigenvalue weighted by atomic mass is 10.3. The van der Waals surface area contributed by atoms with Gasteiger partial charge in [-0.15, -0.1) is 11.3 Å². The second kappa shape index (κ2) is 7.19. The molecule has 0 bridgehead atoms. The summed E-state index contributed by atoms with van der Waals surface area (Å²) in [6.07, 6.45) is 3.22. The molecule has 0 saturated carbocycles. The zero-order valence-electron chi connectivity index (χ0n) is 11.6. The van der Waals surface area contributed by atoms with E-state index in [2.05, 4.69) is 10.3 Å². The lowest BCUT2D eigenvalue weighted by molar-refractivity contribution is 0.103. The molecule has 118 valence electrons. The molecule has 0 fully saturated rings. The van der Waals surface area contributed by atoms with Crippen molar-refractivity contribution in [3.63, 3.8) is 0 Å². The Balaban J connectivity index is 2.17. The minimum atomic E-state index is -2.61. The number of nitrogens with one attached hydrogen (secondary N) is 1. The highest BCUT2D eigenvalue weighted by atomic mass is 35.5. The van der Waals surface area contributed by atoms with E-state index in [-0.39, 0.29) is 11.7 Å². The van der Waals surface area contributed by atoms with Gasteiger partial charge in [0, 0.05) is 11.1 Å². The zero-order valence-corrected chi connectivity index (χ0v) is 14.0. The monoisotopic (exact) mass is 359 g/mol. The summed E-state index contributed by atoms with van der Waals surface area (Å²) in [6, 6.07) is 2.54. The highest BCUT2D eigenvalue weighted by Crippen LogP contribution is 2.32. The molecular formula is C13H14ClN3O3S2. The van der Waals surface area contributed by atoms with E-state index in [0.717, 1.165) is 16.9 Å². The van der Waals surface area contributed by atoms with E-state index in [1.807, 2.05) is 6.92 Å². The quantitative estimate of drug-likeness (QED) is 0.708. The van der Waals surface area contributed by atoms with Crippen LogP contribution in [-0.4, -0.2) is 25.1 Å². The summed E-state index contributed by atoms with van der Waals surface area (Å²) in [5.74, 6) is -0.553.